The fourth-order valence-electron chi connectivity index (χ4n) is 2.58. The number of benzene rings is 1. The van der Waals surface area contributed by atoms with Crippen molar-refractivity contribution in [2.45, 2.75) is 19.8 Å². The molecule has 1 aromatic rings. The van der Waals surface area contributed by atoms with Crippen LogP contribution in [0.2, 0.25) is 0 Å². The Bertz CT molecular complexity index is 433. The van der Waals surface area contributed by atoms with E-state index in [1.54, 1.807) is 0 Å². The third-order valence-corrected chi connectivity index (χ3v) is 4.05. The Morgan fingerprint density at radius 2 is 1.90 bits per heavy atom. The maximum Gasteiger partial charge on any atom is 0.253 e. The molecule has 1 aromatic carbocycles. The Hall–Kier alpha value is -1.06. The van der Waals surface area contributed by atoms with Gasteiger partial charge in [-0.3, -0.25) is 4.79 Å². The fraction of sp³-hybridized carbons (Fsp3) is 0.562. The van der Waals surface area contributed by atoms with Crippen LogP contribution in [0.4, 0.5) is 0 Å². The summed E-state index contributed by atoms with van der Waals surface area (Å²) < 4.78 is 0. The van der Waals surface area contributed by atoms with E-state index in [-0.39, 0.29) is 5.91 Å². The lowest BCUT2D eigenvalue weighted by molar-refractivity contribution is 0.0762. The number of alkyl halides is 1. The summed E-state index contributed by atoms with van der Waals surface area (Å²) in [4.78, 5) is 16.8. The number of hydrogen-bond acceptors (Lipinski definition) is 2. The van der Waals surface area contributed by atoms with Crippen LogP contribution in [0, 0.1) is 0 Å². The highest BCUT2D eigenvalue weighted by molar-refractivity contribution is 6.18. The Morgan fingerprint density at radius 1 is 1.15 bits per heavy atom. The molecule has 1 fully saturated rings. The minimum Gasteiger partial charge on any atom is -0.337 e. The van der Waals surface area contributed by atoms with Crippen LogP contribution in [-0.2, 0) is 6.42 Å². The Balaban J connectivity index is 1.97. The topological polar surface area (TPSA) is 23.6 Å². The number of halogens is 1. The molecule has 1 heterocycles. The second-order valence-corrected chi connectivity index (χ2v) is 5.60. The zero-order valence-corrected chi connectivity index (χ0v) is 12.9. The average molecular weight is 295 g/mol. The van der Waals surface area contributed by atoms with Gasteiger partial charge in [0.05, 0.1) is 0 Å². The lowest BCUT2D eigenvalue weighted by atomic mass is 10.1. The second kappa shape index (κ2) is 7.65. The maximum absolute atomic E-state index is 12.5. The van der Waals surface area contributed by atoms with Crippen LogP contribution < -0.4 is 0 Å². The van der Waals surface area contributed by atoms with Crippen LogP contribution in [-0.4, -0.2) is 54.3 Å². The fourth-order valence-corrected chi connectivity index (χ4v) is 2.82. The van der Waals surface area contributed by atoms with E-state index in [9.17, 15) is 4.79 Å². The summed E-state index contributed by atoms with van der Waals surface area (Å²) in [5, 5.41) is 0. The smallest absolute Gasteiger partial charge is 0.253 e. The molecule has 0 atom stereocenters. The van der Waals surface area contributed by atoms with E-state index in [2.05, 4.69) is 11.8 Å². The molecule has 0 aliphatic carbocycles. The molecule has 1 saturated heterocycles. The standard InChI is InChI=1S/C16H23ClN2O/c1-2-14-4-6-15(7-5-14)16(20)19-10-3-9-18(11-8-17)12-13-19/h4-7H,2-3,8-13H2,1H3. The second-order valence-electron chi connectivity index (χ2n) is 5.23. The molecule has 4 heteroatoms. The van der Waals surface area contributed by atoms with Crippen molar-refractivity contribution in [2.75, 3.05) is 38.6 Å². The summed E-state index contributed by atoms with van der Waals surface area (Å²) in [5.74, 6) is 0.812. The van der Waals surface area contributed by atoms with Crippen LogP contribution in [0.3, 0.4) is 0 Å². The lowest BCUT2D eigenvalue weighted by Crippen LogP contribution is -2.35. The first-order chi connectivity index (χ1) is 9.74. The summed E-state index contributed by atoms with van der Waals surface area (Å²) in [6.07, 6.45) is 2.03. The van der Waals surface area contributed by atoms with Crippen LogP contribution in [0.1, 0.15) is 29.3 Å². The first-order valence-corrected chi connectivity index (χ1v) is 7.94. The molecule has 20 heavy (non-hydrogen) atoms. The van der Waals surface area contributed by atoms with Crippen molar-refractivity contribution < 1.29 is 4.79 Å². The molecule has 0 N–H and O–H groups in total. The molecule has 3 nitrogen and oxygen atoms in total. The highest BCUT2D eigenvalue weighted by Crippen LogP contribution is 2.11. The molecule has 0 radical (unpaired) electrons. The van der Waals surface area contributed by atoms with Gasteiger partial charge in [0, 0.05) is 37.6 Å². The van der Waals surface area contributed by atoms with Gasteiger partial charge in [0.2, 0.25) is 0 Å². The maximum atomic E-state index is 12.5. The molecule has 110 valence electrons. The number of rotatable bonds is 4. The SMILES string of the molecule is CCc1ccc(C(=O)N2CCCN(CCCl)CC2)cc1. The van der Waals surface area contributed by atoms with Crippen molar-refractivity contribution in [3.63, 3.8) is 0 Å². The van der Waals surface area contributed by atoms with Gasteiger partial charge in [-0.1, -0.05) is 19.1 Å². The summed E-state index contributed by atoms with van der Waals surface area (Å²) in [5.41, 5.74) is 2.07. The summed E-state index contributed by atoms with van der Waals surface area (Å²) in [7, 11) is 0. The number of carbonyl (C=O) groups excluding carboxylic acids is 1. The largest absolute Gasteiger partial charge is 0.337 e. The average Bonchev–Trinajstić information content (AvgIpc) is 2.73. The normalized spacial score (nSPS) is 17.0. The van der Waals surface area contributed by atoms with E-state index in [0.29, 0.717) is 5.88 Å². The number of nitrogens with zero attached hydrogens (tertiary/aromatic N) is 2. The predicted molar refractivity (Wildman–Crippen MR) is 83.5 cm³/mol. The van der Waals surface area contributed by atoms with Crippen LogP contribution in [0.15, 0.2) is 24.3 Å². The molecule has 1 aliphatic heterocycles. The van der Waals surface area contributed by atoms with E-state index in [4.69, 9.17) is 11.6 Å². The van der Waals surface area contributed by atoms with Gasteiger partial charge in [0.15, 0.2) is 0 Å². The molecule has 0 saturated carbocycles. The molecule has 2 rings (SSSR count). The third kappa shape index (κ3) is 3.97. The Morgan fingerprint density at radius 3 is 2.55 bits per heavy atom. The van der Waals surface area contributed by atoms with Gasteiger partial charge in [0.25, 0.3) is 5.91 Å². The Labute approximate surface area is 126 Å². The van der Waals surface area contributed by atoms with Gasteiger partial charge in [0.1, 0.15) is 0 Å². The van der Waals surface area contributed by atoms with E-state index in [1.165, 1.54) is 5.56 Å². The molecule has 0 spiro atoms. The van der Waals surface area contributed by atoms with Crippen LogP contribution >= 0.6 is 11.6 Å². The van der Waals surface area contributed by atoms with E-state index < -0.39 is 0 Å². The minimum absolute atomic E-state index is 0.153. The third-order valence-electron chi connectivity index (χ3n) is 3.89. The molecule has 0 bridgehead atoms. The van der Waals surface area contributed by atoms with Gasteiger partial charge in [-0.25, -0.2) is 0 Å². The van der Waals surface area contributed by atoms with Crippen molar-refractivity contribution in [3.05, 3.63) is 35.4 Å². The zero-order valence-electron chi connectivity index (χ0n) is 12.1. The molecular formula is C16H23ClN2O. The molecule has 1 amide bonds. The van der Waals surface area contributed by atoms with Gasteiger partial charge in [-0.2, -0.15) is 0 Å². The van der Waals surface area contributed by atoms with Crippen molar-refractivity contribution >= 4 is 17.5 Å². The quantitative estimate of drug-likeness (QED) is 0.797. The van der Waals surface area contributed by atoms with Gasteiger partial charge >= 0.3 is 0 Å². The minimum atomic E-state index is 0.153. The van der Waals surface area contributed by atoms with Crippen LogP contribution in [0.5, 0.6) is 0 Å². The predicted octanol–water partition coefficient (Wildman–Crippen LogP) is 2.64. The van der Waals surface area contributed by atoms with Gasteiger partial charge in [-0.05, 0) is 37.1 Å². The Kier molecular flexibility index (Phi) is 5.86. The summed E-state index contributed by atoms with van der Waals surface area (Å²) in [6, 6.07) is 7.99. The van der Waals surface area contributed by atoms with E-state index in [1.807, 2.05) is 29.2 Å². The molecule has 1 aliphatic rings. The summed E-state index contributed by atoms with van der Waals surface area (Å²) in [6.45, 7) is 6.63. The zero-order chi connectivity index (χ0) is 14.4. The number of aryl methyl sites for hydroxylation is 1. The van der Waals surface area contributed by atoms with Crippen molar-refractivity contribution in [3.8, 4) is 0 Å². The molecule has 0 aromatic heterocycles. The number of carbonyl (C=O) groups is 1. The van der Waals surface area contributed by atoms with Crippen molar-refractivity contribution in [1.29, 1.82) is 0 Å². The number of hydrogen-bond donors (Lipinski definition) is 0. The summed E-state index contributed by atoms with van der Waals surface area (Å²) >= 11 is 5.79. The van der Waals surface area contributed by atoms with Crippen molar-refractivity contribution in [2.24, 2.45) is 0 Å². The first-order valence-electron chi connectivity index (χ1n) is 7.41. The molecular weight excluding hydrogens is 272 g/mol. The van der Waals surface area contributed by atoms with Gasteiger partial charge in [-0.15, -0.1) is 11.6 Å². The van der Waals surface area contributed by atoms with Gasteiger partial charge < -0.3 is 9.80 Å². The van der Waals surface area contributed by atoms with Crippen LogP contribution in [0.25, 0.3) is 0 Å². The number of amides is 1. The van der Waals surface area contributed by atoms with E-state index >= 15 is 0 Å². The highest BCUT2D eigenvalue weighted by Gasteiger charge is 2.19. The van der Waals surface area contributed by atoms with Crippen molar-refractivity contribution in [1.82, 2.24) is 9.80 Å². The van der Waals surface area contributed by atoms with E-state index in [0.717, 1.165) is 51.1 Å². The first kappa shape index (κ1) is 15.3. The molecule has 0 unspecified atom stereocenters. The highest BCUT2D eigenvalue weighted by atomic mass is 35.5. The lowest BCUT2D eigenvalue weighted by Gasteiger charge is -2.21. The monoisotopic (exact) mass is 294 g/mol.